The third-order valence-corrected chi connectivity index (χ3v) is 4.83. The zero-order valence-corrected chi connectivity index (χ0v) is 14.4. The van der Waals surface area contributed by atoms with Gasteiger partial charge in [0.1, 0.15) is 12.2 Å². The van der Waals surface area contributed by atoms with Gasteiger partial charge in [-0.05, 0) is 31.0 Å². The van der Waals surface area contributed by atoms with E-state index in [0.717, 1.165) is 30.2 Å². The number of H-pyrrole nitrogens is 1. The molecule has 2 aromatic rings. The molecule has 0 bridgehead atoms. The molecule has 0 aliphatic heterocycles. The van der Waals surface area contributed by atoms with E-state index in [1.807, 2.05) is 12.1 Å². The van der Waals surface area contributed by atoms with Crippen LogP contribution in [0, 0.1) is 17.2 Å². The molecular formula is C18H19ClN4O2. The molecule has 130 valence electrons. The number of nitriles is 1. The fourth-order valence-corrected chi connectivity index (χ4v) is 3.52. The van der Waals surface area contributed by atoms with E-state index in [1.54, 1.807) is 18.2 Å². The molecule has 1 saturated carbocycles. The Kier molecular flexibility index (Phi) is 5.25. The number of nitrogens with zero attached hydrogens (tertiary/aromatic N) is 1. The highest BCUT2D eigenvalue weighted by atomic mass is 35.5. The van der Waals surface area contributed by atoms with Gasteiger partial charge in [-0.1, -0.05) is 30.5 Å². The van der Waals surface area contributed by atoms with Crippen LogP contribution in [-0.2, 0) is 4.79 Å². The largest absolute Gasteiger partial charge is 0.350 e. The van der Waals surface area contributed by atoms with Crippen LogP contribution in [-0.4, -0.2) is 29.4 Å². The zero-order chi connectivity index (χ0) is 17.8. The first-order chi connectivity index (χ1) is 12.1. The molecular weight excluding hydrogens is 340 g/mol. The van der Waals surface area contributed by atoms with Crippen LogP contribution in [0.4, 0.5) is 0 Å². The Hall–Kier alpha value is -2.52. The van der Waals surface area contributed by atoms with E-state index in [4.69, 9.17) is 16.9 Å². The highest BCUT2D eigenvalue weighted by molar-refractivity contribution is 6.31. The van der Waals surface area contributed by atoms with Gasteiger partial charge in [0.05, 0.1) is 12.0 Å². The van der Waals surface area contributed by atoms with Gasteiger partial charge in [0.15, 0.2) is 0 Å². The fraction of sp³-hybridized carbons (Fsp3) is 0.389. The Morgan fingerprint density at radius 2 is 2.08 bits per heavy atom. The van der Waals surface area contributed by atoms with Gasteiger partial charge >= 0.3 is 0 Å². The van der Waals surface area contributed by atoms with E-state index in [9.17, 15) is 9.59 Å². The SMILES string of the molecule is N#CCNC(=O)[C@@H]1CCCC[C@@H]1NC(=O)c1cc2ccc(Cl)cc2[nH]1. The summed E-state index contributed by atoms with van der Waals surface area (Å²) >= 11 is 5.97. The third-order valence-electron chi connectivity index (χ3n) is 4.59. The number of fused-ring (bicyclic) bond motifs is 1. The third kappa shape index (κ3) is 3.94. The Morgan fingerprint density at radius 1 is 1.28 bits per heavy atom. The lowest BCUT2D eigenvalue weighted by Crippen LogP contribution is -2.48. The van der Waals surface area contributed by atoms with Crippen LogP contribution in [0.2, 0.25) is 5.02 Å². The molecule has 1 aromatic carbocycles. The number of rotatable bonds is 4. The van der Waals surface area contributed by atoms with Gasteiger partial charge in [0.25, 0.3) is 5.91 Å². The maximum atomic E-state index is 12.6. The average molecular weight is 359 g/mol. The van der Waals surface area contributed by atoms with Crippen molar-refractivity contribution in [3.05, 3.63) is 35.0 Å². The van der Waals surface area contributed by atoms with Crippen LogP contribution in [0.15, 0.2) is 24.3 Å². The first kappa shape index (κ1) is 17.3. The highest BCUT2D eigenvalue weighted by Crippen LogP contribution is 2.25. The van der Waals surface area contributed by atoms with Gasteiger partial charge in [-0.25, -0.2) is 0 Å². The number of nitrogens with one attached hydrogen (secondary N) is 3. The molecule has 3 N–H and O–H groups in total. The van der Waals surface area contributed by atoms with Crippen LogP contribution in [0.25, 0.3) is 10.9 Å². The van der Waals surface area contributed by atoms with Crippen LogP contribution in [0.1, 0.15) is 36.2 Å². The Bertz CT molecular complexity index is 839. The van der Waals surface area contributed by atoms with E-state index in [1.165, 1.54) is 0 Å². The molecule has 0 unspecified atom stereocenters. The van der Waals surface area contributed by atoms with Crippen molar-refractivity contribution in [1.29, 1.82) is 5.26 Å². The molecule has 1 aliphatic rings. The monoisotopic (exact) mass is 358 g/mol. The maximum Gasteiger partial charge on any atom is 0.267 e. The molecule has 2 amide bonds. The Balaban J connectivity index is 1.72. The summed E-state index contributed by atoms with van der Waals surface area (Å²) in [5.41, 5.74) is 1.24. The number of carbonyl (C=O) groups is 2. The summed E-state index contributed by atoms with van der Waals surface area (Å²) in [6.45, 7) is -0.0151. The Morgan fingerprint density at radius 3 is 2.88 bits per heavy atom. The number of carbonyl (C=O) groups excluding carboxylic acids is 2. The smallest absolute Gasteiger partial charge is 0.267 e. The number of aromatic nitrogens is 1. The summed E-state index contributed by atoms with van der Waals surface area (Å²) in [7, 11) is 0. The van der Waals surface area contributed by atoms with Gasteiger partial charge < -0.3 is 15.6 Å². The van der Waals surface area contributed by atoms with Crippen LogP contribution < -0.4 is 10.6 Å². The second-order valence-electron chi connectivity index (χ2n) is 6.26. The van der Waals surface area contributed by atoms with E-state index < -0.39 is 0 Å². The molecule has 0 saturated heterocycles. The number of benzene rings is 1. The normalized spacial score (nSPS) is 20.0. The van der Waals surface area contributed by atoms with E-state index >= 15 is 0 Å². The first-order valence-electron chi connectivity index (χ1n) is 8.32. The number of hydrogen-bond donors (Lipinski definition) is 3. The average Bonchev–Trinajstić information content (AvgIpc) is 3.03. The quantitative estimate of drug-likeness (QED) is 0.733. The summed E-state index contributed by atoms with van der Waals surface area (Å²) in [6, 6.07) is 8.84. The molecule has 25 heavy (non-hydrogen) atoms. The van der Waals surface area contributed by atoms with Crippen molar-refractivity contribution in [1.82, 2.24) is 15.6 Å². The number of aromatic amines is 1. The summed E-state index contributed by atoms with van der Waals surface area (Å²) in [5.74, 6) is -0.711. The van der Waals surface area contributed by atoms with Crippen molar-refractivity contribution < 1.29 is 9.59 Å². The summed E-state index contributed by atoms with van der Waals surface area (Å²) in [6.07, 6.45) is 3.38. The number of hydrogen-bond acceptors (Lipinski definition) is 3. The highest BCUT2D eigenvalue weighted by Gasteiger charge is 2.32. The van der Waals surface area contributed by atoms with Gasteiger partial charge in [-0.2, -0.15) is 5.26 Å². The Labute approximate surface area is 150 Å². The first-order valence-corrected chi connectivity index (χ1v) is 8.70. The van der Waals surface area contributed by atoms with E-state index in [-0.39, 0.29) is 30.3 Å². The minimum absolute atomic E-state index is 0.0151. The molecule has 1 aliphatic carbocycles. The molecule has 0 radical (unpaired) electrons. The molecule has 0 spiro atoms. The lowest BCUT2D eigenvalue weighted by molar-refractivity contribution is -0.126. The molecule has 6 nitrogen and oxygen atoms in total. The molecule has 2 atom stereocenters. The van der Waals surface area contributed by atoms with Crippen molar-refractivity contribution in [2.75, 3.05) is 6.54 Å². The lowest BCUT2D eigenvalue weighted by Gasteiger charge is -2.30. The van der Waals surface area contributed by atoms with Crippen LogP contribution in [0.3, 0.4) is 0 Å². The molecule has 7 heteroatoms. The lowest BCUT2D eigenvalue weighted by atomic mass is 9.83. The summed E-state index contributed by atoms with van der Waals surface area (Å²) < 4.78 is 0. The van der Waals surface area contributed by atoms with Crippen molar-refractivity contribution in [2.45, 2.75) is 31.7 Å². The maximum absolute atomic E-state index is 12.6. The zero-order valence-electron chi connectivity index (χ0n) is 13.6. The summed E-state index contributed by atoms with van der Waals surface area (Å²) in [4.78, 5) is 27.9. The summed E-state index contributed by atoms with van der Waals surface area (Å²) in [5, 5.41) is 15.7. The molecule has 1 heterocycles. The van der Waals surface area contributed by atoms with Crippen molar-refractivity contribution in [2.24, 2.45) is 5.92 Å². The molecule has 3 rings (SSSR count). The second-order valence-corrected chi connectivity index (χ2v) is 6.70. The molecule has 1 fully saturated rings. The van der Waals surface area contributed by atoms with Crippen molar-refractivity contribution >= 4 is 34.3 Å². The van der Waals surface area contributed by atoms with E-state index in [0.29, 0.717) is 17.1 Å². The van der Waals surface area contributed by atoms with Gasteiger partial charge in [-0.3, -0.25) is 9.59 Å². The minimum atomic E-state index is -0.301. The molecule has 1 aromatic heterocycles. The van der Waals surface area contributed by atoms with Crippen LogP contribution in [0.5, 0.6) is 0 Å². The minimum Gasteiger partial charge on any atom is -0.350 e. The van der Waals surface area contributed by atoms with E-state index in [2.05, 4.69) is 15.6 Å². The number of amides is 2. The van der Waals surface area contributed by atoms with Crippen molar-refractivity contribution in [3.63, 3.8) is 0 Å². The van der Waals surface area contributed by atoms with Gasteiger partial charge in [0, 0.05) is 22.0 Å². The standard InChI is InChI=1S/C18H19ClN4O2/c19-12-6-5-11-9-16(22-15(11)10-12)18(25)23-14-4-2-1-3-13(14)17(24)21-8-7-20/h5-6,9-10,13-14,22H,1-4,8H2,(H,21,24)(H,23,25)/t13-,14+/m1/s1. The predicted molar refractivity (Wildman–Crippen MR) is 95.1 cm³/mol. The topological polar surface area (TPSA) is 97.8 Å². The fourth-order valence-electron chi connectivity index (χ4n) is 3.34. The van der Waals surface area contributed by atoms with Crippen molar-refractivity contribution in [3.8, 4) is 6.07 Å². The predicted octanol–water partition coefficient (Wildman–Crippen LogP) is 2.75. The number of halogens is 1. The second kappa shape index (κ2) is 7.58. The van der Waals surface area contributed by atoms with Crippen LogP contribution >= 0.6 is 11.6 Å². The van der Waals surface area contributed by atoms with Gasteiger partial charge in [-0.15, -0.1) is 0 Å². The van der Waals surface area contributed by atoms with Gasteiger partial charge in [0.2, 0.25) is 5.91 Å².